The van der Waals surface area contributed by atoms with Gasteiger partial charge in [0, 0.05) is 17.2 Å². The number of ether oxygens (including phenoxy) is 1. The summed E-state index contributed by atoms with van der Waals surface area (Å²) in [6.45, 7) is 2.19. The monoisotopic (exact) mass is 326 g/mol. The minimum Gasteiger partial charge on any atom is -0.491 e. The number of nitrogens with zero attached hydrogens (tertiary/aromatic N) is 5. The van der Waals surface area contributed by atoms with Crippen molar-refractivity contribution < 1.29 is 14.1 Å². The first kappa shape index (κ1) is 14.4. The van der Waals surface area contributed by atoms with Crippen LogP contribution in [0.3, 0.4) is 0 Å². The number of amides is 1. The van der Waals surface area contributed by atoms with Crippen LogP contribution in [0.4, 0.5) is 0 Å². The van der Waals surface area contributed by atoms with Crippen molar-refractivity contribution in [3.05, 3.63) is 41.4 Å². The van der Waals surface area contributed by atoms with Gasteiger partial charge in [-0.1, -0.05) is 17.3 Å². The zero-order valence-electron chi connectivity index (χ0n) is 13.1. The number of hydrogen-bond acceptors (Lipinski definition) is 7. The zero-order chi connectivity index (χ0) is 16.7. The van der Waals surface area contributed by atoms with Crippen molar-refractivity contribution in [2.45, 2.75) is 13.0 Å². The maximum Gasteiger partial charge on any atom is 0.293 e. The molecular weight excluding hydrogens is 312 g/mol. The molecule has 1 amide bonds. The van der Waals surface area contributed by atoms with E-state index in [1.165, 1.54) is 4.80 Å². The Hall–Kier alpha value is -3.23. The van der Waals surface area contributed by atoms with E-state index in [4.69, 9.17) is 9.26 Å². The Morgan fingerprint density at radius 2 is 2.25 bits per heavy atom. The van der Waals surface area contributed by atoms with Crippen LogP contribution in [-0.2, 0) is 7.05 Å². The molecule has 0 bridgehead atoms. The average Bonchev–Trinajstić information content (AvgIpc) is 3.28. The summed E-state index contributed by atoms with van der Waals surface area (Å²) in [5.41, 5.74) is 2.54. The third-order valence-corrected chi connectivity index (χ3v) is 3.73. The van der Waals surface area contributed by atoms with Gasteiger partial charge in [-0.3, -0.25) is 4.79 Å². The zero-order valence-corrected chi connectivity index (χ0v) is 13.1. The van der Waals surface area contributed by atoms with Gasteiger partial charge in [0.05, 0.1) is 13.1 Å². The van der Waals surface area contributed by atoms with E-state index in [9.17, 15) is 4.79 Å². The second-order valence-corrected chi connectivity index (χ2v) is 5.51. The van der Waals surface area contributed by atoms with Crippen LogP contribution in [0, 0.1) is 6.92 Å². The van der Waals surface area contributed by atoms with Crippen molar-refractivity contribution in [3.63, 3.8) is 0 Å². The average molecular weight is 326 g/mol. The molecule has 122 valence electrons. The molecule has 1 aliphatic heterocycles. The van der Waals surface area contributed by atoms with E-state index < -0.39 is 0 Å². The number of rotatable bonds is 3. The SMILES string of the molecule is Cc1cc(-c2ccc3c(c2)OC[C@H]3NC(=O)c2nnn(C)n2)no1. The lowest BCUT2D eigenvalue weighted by atomic mass is 10.0. The standard InChI is InChI=1S/C15H14N6O3/c1-8-5-11(19-24-8)9-3-4-10-12(7-23-13(10)6-9)16-15(22)14-17-20-21(2)18-14/h3-6,12H,7H2,1-2H3,(H,16,22)/t12-/m1/s1. The predicted molar refractivity (Wildman–Crippen MR) is 81.2 cm³/mol. The van der Waals surface area contributed by atoms with Gasteiger partial charge in [-0.05, 0) is 18.2 Å². The number of benzene rings is 1. The highest BCUT2D eigenvalue weighted by Crippen LogP contribution is 2.35. The smallest absolute Gasteiger partial charge is 0.293 e. The molecule has 9 nitrogen and oxygen atoms in total. The van der Waals surface area contributed by atoms with Crippen molar-refractivity contribution in [2.75, 3.05) is 6.61 Å². The van der Waals surface area contributed by atoms with Crippen molar-refractivity contribution in [3.8, 4) is 17.0 Å². The highest BCUT2D eigenvalue weighted by molar-refractivity contribution is 5.90. The molecule has 1 aromatic carbocycles. The number of fused-ring (bicyclic) bond motifs is 1. The van der Waals surface area contributed by atoms with Gasteiger partial charge < -0.3 is 14.6 Å². The Balaban J connectivity index is 1.55. The highest BCUT2D eigenvalue weighted by Gasteiger charge is 2.27. The maximum absolute atomic E-state index is 12.1. The Morgan fingerprint density at radius 1 is 1.38 bits per heavy atom. The molecule has 1 N–H and O–H groups in total. The minimum absolute atomic E-state index is 0.0284. The summed E-state index contributed by atoms with van der Waals surface area (Å²) in [6.07, 6.45) is 0. The van der Waals surface area contributed by atoms with Gasteiger partial charge in [0.25, 0.3) is 11.7 Å². The molecule has 3 aromatic rings. The summed E-state index contributed by atoms with van der Waals surface area (Å²) >= 11 is 0. The number of carbonyl (C=O) groups is 1. The second kappa shape index (κ2) is 5.44. The lowest BCUT2D eigenvalue weighted by Gasteiger charge is -2.09. The van der Waals surface area contributed by atoms with Crippen molar-refractivity contribution in [1.29, 1.82) is 0 Å². The Bertz CT molecular complexity index is 916. The van der Waals surface area contributed by atoms with Gasteiger partial charge in [0.15, 0.2) is 0 Å². The molecule has 0 saturated carbocycles. The molecule has 0 unspecified atom stereocenters. The lowest BCUT2D eigenvalue weighted by Crippen LogP contribution is -2.30. The molecule has 3 heterocycles. The van der Waals surface area contributed by atoms with Gasteiger partial charge >= 0.3 is 0 Å². The summed E-state index contributed by atoms with van der Waals surface area (Å²) in [5.74, 6) is 1.10. The van der Waals surface area contributed by atoms with E-state index in [2.05, 4.69) is 25.9 Å². The quantitative estimate of drug-likeness (QED) is 0.766. The number of nitrogens with one attached hydrogen (secondary N) is 1. The first-order chi connectivity index (χ1) is 11.6. The maximum atomic E-state index is 12.1. The van der Waals surface area contributed by atoms with E-state index in [1.54, 1.807) is 7.05 Å². The molecule has 0 fully saturated rings. The topological polar surface area (TPSA) is 108 Å². The number of aromatic nitrogens is 5. The first-order valence-corrected chi connectivity index (χ1v) is 7.35. The molecule has 0 radical (unpaired) electrons. The van der Waals surface area contributed by atoms with Crippen LogP contribution in [-0.4, -0.2) is 37.9 Å². The Kier molecular flexibility index (Phi) is 3.26. The normalized spacial score (nSPS) is 15.8. The van der Waals surface area contributed by atoms with E-state index in [-0.39, 0.29) is 17.8 Å². The van der Waals surface area contributed by atoms with Crippen LogP contribution in [0.15, 0.2) is 28.8 Å². The van der Waals surface area contributed by atoms with Crippen LogP contribution in [0.25, 0.3) is 11.3 Å². The van der Waals surface area contributed by atoms with E-state index in [1.807, 2.05) is 31.2 Å². The molecule has 0 spiro atoms. The van der Waals surface area contributed by atoms with Gasteiger partial charge in [0.2, 0.25) is 0 Å². The number of carbonyl (C=O) groups excluding carboxylic acids is 1. The van der Waals surface area contributed by atoms with E-state index >= 15 is 0 Å². The van der Waals surface area contributed by atoms with E-state index in [0.717, 1.165) is 22.6 Å². The number of tetrazole rings is 1. The highest BCUT2D eigenvalue weighted by atomic mass is 16.5. The fourth-order valence-electron chi connectivity index (χ4n) is 2.59. The summed E-state index contributed by atoms with van der Waals surface area (Å²) in [7, 11) is 1.60. The molecule has 24 heavy (non-hydrogen) atoms. The molecule has 0 saturated heterocycles. The molecule has 2 aromatic heterocycles. The third-order valence-electron chi connectivity index (χ3n) is 3.73. The summed E-state index contributed by atoms with van der Waals surface area (Å²) in [6, 6.07) is 7.32. The number of aryl methyl sites for hydroxylation is 2. The minimum atomic E-state index is -0.388. The first-order valence-electron chi connectivity index (χ1n) is 7.35. The Labute approximate surface area is 136 Å². The van der Waals surface area contributed by atoms with Crippen LogP contribution >= 0.6 is 0 Å². The molecule has 0 aliphatic carbocycles. The molecule has 1 atom stereocenters. The fraction of sp³-hybridized carbons (Fsp3) is 0.267. The summed E-state index contributed by atoms with van der Waals surface area (Å²) in [5, 5.41) is 18.1. The second-order valence-electron chi connectivity index (χ2n) is 5.51. The van der Waals surface area contributed by atoms with E-state index in [0.29, 0.717) is 12.4 Å². The fourth-order valence-corrected chi connectivity index (χ4v) is 2.59. The van der Waals surface area contributed by atoms with Crippen LogP contribution in [0.1, 0.15) is 28.0 Å². The molecular formula is C15H14N6O3. The van der Waals surface area contributed by atoms with Gasteiger partial charge in [0.1, 0.15) is 23.8 Å². The molecule has 4 rings (SSSR count). The molecule has 1 aliphatic rings. The van der Waals surface area contributed by atoms with Crippen LogP contribution in [0.2, 0.25) is 0 Å². The Morgan fingerprint density at radius 3 is 2.96 bits per heavy atom. The van der Waals surface area contributed by atoms with Gasteiger partial charge in [-0.2, -0.15) is 4.80 Å². The third kappa shape index (κ3) is 2.49. The predicted octanol–water partition coefficient (Wildman–Crippen LogP) is 1.04. The van der Waals surface area contributed by atoms with Gasteiger partial charge in [-0.15, -0.1) is 10.2 Å². The number of hydrogen-bond donors (Lipinski definition) is 1. The van der Waals surface area contributed by atoms with Crippen molar-refractivity contribution >= 4 is 5.91 Å². The lowest BCUT2D eigenvalue weighted by molar-refractivity contribution is 0.0919. The summed E-state index contributed by atoms with van der Waals surface area (Å²) in [4.78, 5) is 13.4. The summed E-state index contributed by atoms with van der Waals surface area (Å²) < 4.78 is 10.8. The van der Waals surface area contributed by atoms with Crippen molar-refractivity contribution in [2.24, 2.45) is 7.05 Å². The van der Waals surface area contributed by atoms with Crippen LogP contribution < -0.4 is 10.1 Å². The molecule has 9 heteroatoms. The van der Waals surface area contributed by atoms with Gasteiger partial charge in [-0.25, -0.2) is 0 Å². The largest absolute Gasteiger partial charge is 0.491 e. The van der Waals surface area contributed by atoms with Crippen molar-refractivity contribution in [1.82, 2.24) is 30.7 Å². The van der Waals surface area contributed by atoms with Crippen LogP contribution in [0.5, 0.6) is 5.75 Å².